The molecule has 0 aliphatic heterocycles. The molecule has 0 saturated heterocycles. The molecular formula is C10H20N4O3S. The van der Waals surface area contributed by atoms with Crippen molar-refractivity contribution in [1.82, 2.24) is 14.8 Å². The number of hydrogen-bond acceptors (Lipinski definition) is 5. The second kappa shape index (κ2) is 6.26. The topological polar surface area (TPSA) is 100 Å². The van der Waals surface area contributed by atoms with Crippen LogP contribution in [0.2, 0.25) is 0 Å². The predicted molar refractivity (Wildman–Crippen MR) is 66.6 cm³/mol. The highest BCUT2D eigenvalue weighted by atomic mass is 32.2. The summed E-state index contributed by atoms with van der Waals surface area (Å²) < 4.78 is 29.3. The van der Waals surface area contributed by atoms with Crippen molar-refractivity contribution in [3.05, 3.63) is 5.82 Å². The number of aromatic nitrogens is 3. The third kappa shape index (κ3) is 3.50. The Morgan fingerprint density at radius 1 is 1.44 bits per heavy atom. The molecule has 0 aliphatic rings. The Labute approximate surface area is 107 Å². The number of methoxy groups -OCH3 is 1. The fraction of sp³-hybridized carbons (Fsp3) is 0.800. The van der Waals surface area contributed by atoms with Gasteiger partial charge in [-0.15, -0.1) is 10.2 Å². The summed E-state index contributed by atoms with van der Waals surface area (Å²) in [5, 5.41) is 12.6. The van der Waals surface area contributed by atoms with Gasteiger partial charge in [0.1, 0.15) is 5.82 Å². The summed E-state index contributed by atoms with van der Waals surface area (Å²) in [5.41, 5.74) is 0. The molecular weight excluding hydrogens is 256 g/mol. The number of primary sulfonamides is 1. The molecule has 0 aliphatic carbocycles. The molecule has 2 N–H and O–H groups in total. The molecule has 18 heavy (non-hydrogen) atoms. The lowest BCUT2D eigenvalue weighted by Crippen LogP contribution is -2.21. The maximum atomic E-state index is 11.4. The van der Waals surface area contributed by atoms with Gasteiger partial charge in [-0.25, -0.2) is 13.6 Å². The quantitative estimate of drug-likeness (QED) is 0.780. The predicted octanol–water partition coefficient (Wildman–Crippen LogP) is 0.476. The van der Waals surface area contributed by atoms with Gasteiger partial charge >= 0.3 is 0 Å². The molecule has 1 atom stereocenters. The highest BCUT2D eigenvalue weighted by Crippen LogP contribution is 2.20. The van der Waals surface area contributed by atoms with Gasteiger partial charge in [0.15, 0.2) is 0 Å². The van der Waals surface area contributed by atoms with E-state index in [9.17, 15) is 8.42 Å². The Morgan fingerprint density at radius 3 is 2.61 bits per heavy atom. The highest BCUT2D eigenvalue weighted by Gasteiger charge is 2.23. The average Bonchev–Trinajstić information content (AvgIpc) is 2.69. The van der Waals surface area contributed by atoms with E-state index in [0.717, 1.165) is 12.8 Å². The van der Waals surface area contributed by atoms with E-state index in [4.69, 9.17) is 9.88 Å². The number of nitrogens with zero attached hydrogens (tertiary/aromatic N) is 3. The molecule has 0 fully saturated rings. The summed E-state index contributed by atoms with van der Waals surface area (Å²) in [7, 11) is -2.31. The fourth-order valence-corrected chi connectivity index (χ4v) is 2.48. The fourth-order valence-electron chi connectivity index (χ4n) is 1.83. The SMILES string of the molecule is CCCC(C)c1nnc(S(N)(=O)=O)n1CCOC. The maximum absolute atomic E-state index is 11.4. The number of hydrogen-bond donors (Lipinski definition) is 1. The molecule has 0 bridgehead atoms. The third-order valence-corrected chi connectivity index (χ3v) is 3.49. The van der Waals surface area contributed by atoms with Crippen LogP contribution in [-0.4, -0.2) is 36.9 Å². The summed E-state index contributed by atoms with van der Waals surface area (Å²) in [6.45, 7) is 4.81. The second-order valence-electron chi connectivity index (χ2n) is 4.22. The van der Waals surface area contributed by atoms with Crippen LogP contribution in [0.1, 0.15) is 38.4 Å². The first-order valence-corrected chi connectivity index (χ1v) is 7.41. The molecule has 104 valence electrons. The Bertz CT molecular complexity index is 483. The summed E-state index contributed by atoms with van der Waals surface area (Å²) in [6.07, 6.45) is 1.90. The molecule has 0 radical (unpaired) electrons. The van der Waals surface area contributed by atoms with E-state index in [2.05, 4.69) is 17.1 Å². The van der Waals surface area contributed by atoms with Gasteiger partial charge in [-0.3, -0.25) is 4.57 Å². The Balaban J connectivity index is 3.15. The zero-order valence-corrected chi connectivity index (χ0v) is 11.8. The van der Waals surface area contributed by atoms with Crippen LogP contribution in [-0.2, 0) is 21.3 Å². The Morgan fingerprint density at radius 2 is 2.11 bits per heavy atom. The lowest BCUT2D eigenvalue weighted by atomic mass is 10.1. The first kappa shape index (κ1) is 15.1. The van der Waals surface area contributed by atoms with Crippen LogP contribution in [0.4, 0.5) is 0 Å². The van der Waals surface area contributed by atoms with E-state index in [1.807, 2.05) is 6.92 Å². The molecule has 7 nitrogen and oxygen atoms in total. The Hall–Kier alpha value is -0.990. The van der Waals surface area contributed by atoms with Crippen molar-refractivity contribution >= 4 is 10.0 Å². The smallest absolute Gasteiger partial charge is 0.273 e. The second-order valence-corrected chi connectivity index (χ2v) is 5.68. The van der Waals surface area contributed by atoms with Crippen molar-refractivity contribution < 1.29 is 13.2 Å². The lowest BCUT2D eigenvalue weighted by Gasteiger charge is -2.13. The zero-order valence-electron chi connectivity index (χ0n) is 11.0. The summed E-state index contributed by atoms with van der Waals surface area (Å²) >= 11 is 0. The average molecular weight is 276 g/mol. The molecule has 8 heteroatoms. The number of ether oxygens (including phenoxy) is 1. The number of sulfonamides is 1. The van der Waals surface area contributed by atoms with Crippen LogP contribution in [0.25, 0.3) is 0 Å². The van der Waals surface area contributed by atoms with E-state index in [1.54, 1.807) is 7.11 Å². The molecule has 1 aromatic heterocycles. The van der Waals surface area contributed by atoms with Crippen molar-refractivity contribution in [2.24, 2.45) is 5.14 Å². The van der Waals surface area contributed by atoms with E-state index in [1.165, 1.54) is 4.57 Å². The first-order valence-electron chi connectivity index (χ1n) is 5.86. The van der Waals surface area contributed by atoms with Gasteiger partial charge in [-0.2, -0.15) is 0 Å². The van der Waals surface area contributed by atoms with E-state index >= 15 is 0 Å². The number of nitrogens with two attached hydrogens (primary N) is 1. The lowest BCUT2D eigenvalue weighted by molar-refractivity contribution is 0.183. The minimum absolute atomic E-state index is 0.134. The van der Waals surface area contributed by atoms with Crippen LogP contribution >= 0.6 is 0 Å². The van der Waals surface area contributed by atoms with Crippen molar-refractivity contribution in [3.8, 4) is 0 Å². The maximum Gasteiger partial charge on any atom is 0.273 e. The minimum atomic E-state index is -3.86. The van der Waals surface area contributed by atoms with Gasteiger partial charge in [0, 0.05) is 19.6 Å². The van der Waals surface area contributed by atoms with Crippen LogP contribution < -0.4 is 5.14 Å². The minimum Gasteiger partial charge on any atom is -0.383 e. The van der Waals surface area contributed by atoms with Gasteiger partial charge in [0.2, 0.25) is 0 Å². The third-order valence-electron chi connectivity index (χ3n) is 2.68. The first-order chi connectivity index (χ1) is 8.41. The van der Waals surface area contributed by atoms with Gasteiger partial charge in [-0.05, 0) is 6.42 Å². The molecule has 0 aromatic carbocycles. The van der Waals surface area contributed by atoms with Crippen molar-refractivity contribution in [2.45, 2.75) is 44.3 Å². The zero-order chi connectivity index (χ0) is 13.8. The van der Waals surface area contributed by atoms with Gasteiger partial charge in [0.05, 0.1) is 6.61 Å². The van der Waals surface area contributed by atoms with Crippen molar-refractivity contribution in [2.75, 3.05) is 13.7 Å². The van der Waals surface area contributed by atoms with Gasteiger partial charge in [0.25, 0.3) is 15.2 Å². The normalized spacial score (nSPS) is 13.8. The molecule has 1 unspecified atom stereocenters. The van der Waals surface area contributed by atoms with E-state index in [-0.39, 0.29) is 11.1 Å². The van der Waals surface area contributed by atoms with Crippen LogP contribution in [0, 0.1) is 0 Å². The molecule has 1 heterocycles. The molecule has 0 spiro atoms. The number of rotatable bonds is 7. The largest absolute Gasteiger partial charge is 0.383 e. The highest BCUT2D eigenvalue weighted by molar-refractivity contribution is 7.89. The van der Waals surface area contributed by atoms with Crippen LogP contribution in [0.5, 0.6) is 0 Å². The molecule has 1 aromatic rings. The van der Waals surface area contributed by atoms with E-state index < -0.39 is 10.0 Å². The summed E-state index contributed by atoms with van der Waals surface area (Å²) in [4.78, 5) is 0. The Kier molecular flexibility index (Phi) is 5.24. The van der Waals surface area contributed by atoms with E-state index in [0.29, 0.717) is 19.0 Å². The molecule has 0 amide bonds. The van der Waals surface area contributed by atoms with Crippen LogP contribution in [0.15, 0.2) is 5.16 Å². The molecule has 0 saturated carbocycles. The summed E-state index contributed by atoms with van der Waals surface area (Å²) in [5.74, 6) is 0.771. The molecule has 1 rings (SSSR count). The summed E-state index contributed by atoms with van der Waals surface area (Å²) in [6, 6.07) is 0. The van der Waals surface area contributed by atoms with Crippen molar-refractivity contribution in [3.63, 3.8) is 0 Å². The standard InChI is InChI=1S/C10H20N4O3S/c1-4-5-8(2)9-12-13-10(18(11,15)16)14(9)6-7-17-3/h8H,4-7H2,1-3H3,(H2,11,15,16). The monoisotopic (exact) mass is 276 g/mol. The van der Waals surface area contributed by atoms with Crippen molar-refractivity contribution in [1.29, 1.82) is 0 Å². The van der Waals surface area contributed by atoms with Gasteiger partial charge < -0.3 is 4.74 Å². The van der Waals surface area contributed by atoms with Gasteiger partial charge in [-0.1, -0.05) is 20.3 Å². The van der Waals surface area contributed by atoms with Crippen LogP contribution in [0.3, 0.4) is 0 Å².